The van der Waals surface area contributed by atoms with E-state index in [1.54, 1.807) is 24.4 Å². The predicted molar refractivity (Wildman–Crippen MR) is 106 cm³/mol. The highest BCUT2D eigenvalue weighted by molar-refractivity contribution is 6.03. The van der Waals surface area contributed by atoms with E-state index in [4.69, 9.17) is 14.2 Å². The van der Waals surface area contributed by atoms with Gasteiger partial charge in [-0.2, -0.15) is 0 Å². The number of hydrogen-bond donors (Lipinski definition) is 2. The molecule has 0 saturated heterocycles. The largest absolute Gasteiger partial charge is 0.493 e. The van der Waals surface area contributed by atoms with Crippen molar-refractivity contribution in [3.63, 3.8) is 0 Å². The number of benzene rings is 1. The zero-order chi connectivity index (χ0) is 19.8. The maximum atomic E-state index is 12.6. The quantitative estimate of drug-likeness (QED) is 0.695. The Morgan fingerprint density at radius 3 is 2.26 bits per heavy atom. The van der Waals surface area contributed by atoms with Crippen LogP contribution in [-0.2, 0) is 0 Å². The number of methoxy groups -OCH3 is 3. The number of carbonyl (C=O) groups is 1. The minimum atomic E-state index is -0.322. The monoisotopic (exact) mass is 373 g/mol. The Labute approximate surface area is 160 Å². The fourth-order valence-corrected chi connectivity index (χ4v) is 2.52. The molecular weight excluding hydrogens is 346 g/mol. The molecule has 0 radical (unpaired) electrons. The average molecular weight is 373 g/mol. The third-order valence-electron chi connectivity index (χ3n) is 3.97. The van der Waals surface area contributed by atoms with Gasteiger partial charge in [0, 0.05) is 36.2 Å². The molecule has 0 unspecified atom stereocenters. The number of ether oxygens (including phenoxy) is 3. The molecule has 1 aromatic heterocycles. The molecule has 0 saturated carbocycles. The van der Waals surface area contributed by atoms with E-state index < -0.39 is 0 Å². The van der Waals surface area contributed by atoms with Crippen molar-refractivity contribution in [3.8, 4) is 17.2 Å². The average Bonchev–Trinajstić information content (AvgIpc) is 2.67. The standard InChI is InChI=1S/C20H27N3O4/c1-13(2)6-8-21-14-7-9-22-16(10-14)20(24)23-15-11-17(25-3)19(27-5)18(12-15)26-4/h7,9-13H,6,8H2,1-5H3,(H,21,22)(H,23,24). The highest BCUT2D eigenvalue weighted by atomic mass is 16.5. The van der Waals surface area contributed by atoms with Gasteiger partial charge in [0.05, 0.1) is 21.3 Å². The lowest BCUT2D eigenvalue weighted by Crippen LogP contribution is -2.14. The summed E-state index contributed by atoms with van der Waals surface area (Å²) in [5, 5.41) is 6.13. The first-order chi connectivity index (χ1) is 13.0. The van der Waals surface area contributed by atoms with E-state index in [1.807, 2.05) is 6.07 Å². The van der Waals surface area contributed by atoms with E-state index in [0.717, 1.165) is 18.7 Å². The molecule has 27 heavy (non-hydrogen) atoms. The first-order valence-electron chi connectivity index (χ1n) is 8.79. The number of nitrogens with zero attached hydrogens (tertiary/aromatic N) is 1. The first kappa shape index (κ1) is 20.4. The van der Waals surface area contributed by atoms with Gasteiger partial charge in [0.25, 0.3) is 5.91 Å². The predicted octanol–water partition coefficient (Wildman–Crippen LogP) is 3.82. The Kier molecular flexibility index (Phi) is 7.28. The zero-order valence-corrected chi connectivity index (χ0v) is 16.5. The smallest absolute Gasteiger partial charge is 0.274 e. The molecule has 0 aliphatic heterocycles. The molecule has 0 bridgehead atoms. The summed E-state index contributed by atoms with van der Waals surface area (Å²) in [5.74, 6) is 1.68. The van der Waals surface area contributed by atoms with Crippen molar-refractivity contribution in [1.29, 1.82) is 0 Å². The third kappa shape index (κ3) is 5.51. The first-order valence-corrected chi connectivity index (χ1v) is 8.79. The maximum Gasteiger partial charge on any atom is 0.274 e. The molecule has 2 N–H and O–H groups in total. The number of nitrogens with one attached hydrogen (secondary N) is 2. The Morgan fingerprint density at radius 2 is 1.70 bits per heavy atom. The van der Waals surface area contributed by atoms with Crippen molar-refractivity contribution in [3.05, 3.63) is 36.2 Å². The van der Waals surface area contributed by atoms with Crippen LogP contribution in [0.1, 0.15) is 30.8 Å². The molecule has 0 aliphatic rings. The van der Waals surface area contributed by atoms with Gasteiger partial charge in [0.15, 0.2) is 11.5 Å². The number of pyridine rings is 1. The Bertz CT molecular complexity index is 753. The number of anilines is 2. The lowest BCUT2D eigenvalue weighted by molar-refractivity contribution is 0.102. The van der Waals surface area contributed by atoms with Crippen LogP contribution < -0.4 is 24.8 Å². The van der Waals surface area contributed by atoms with Gasteiger partial charge in [-0.1, -0.05) is 13.8 Å². The van der Waals surface area contributed by atoms with E-state index in [9.17, 15) is 4.79 Å². The van der Waals surface area contributed by atoms with Gasteiger partial charge in [-0.05, 0) is 24.5 Å². The molecule has 2 rings (SSSR count). The second kappa shape index (κ2) is 9.66. The van der Waals surface area contributed by atoms with E-state index in [-0.39, 0.29) is 5.91 Å². The van der Waals surface area contributed by atoms with E-state index in [1.165, 1.54) is 21.3 Å². The molecule has 146 valence electrons. The minimum Gasteiger partial charge on any atom is -0.493 e. The molecule has 1 aromatic carbocycles. The lowest BCUT2D eigenvalue weighted by Gasteiger charge is -2.14. The van der Waals surface area contributed by atoms with Crippen LogP contribution in [0.3, 0.4) is 0 Å². The molecule has 1 heterocycles. The van der Waals surface area contributed by atoms with Gasteiger partial charge in [-0.15, -0.1) is 0 Å². The molecule has 7 nitrogen and oxygen atoms in total. The van der Waals surface area contributed by atoms with Crippen LogP contribution in [0, 0.1) is 5.92 Å². The normalized spacial score (nSPS) is 10.4. The topological polar surface area (TPSA) is 81.7 Å². The van der Waals surface area contributed by atoms with Crippen molar-refractivity contribution in [2.45, 2.75) is 20.3 Å². The van der Waals surface area contributed by atoms with Crippen molar-refractivity contribution in [2.24, 2.45) is 5.92 Å². The van der Waals surface area contributed by atoms with Gasteiger partial charge >= 0.3 is 0 Å². The molecule has 2 aromatic rings. The second-order valence-corrected chi connectivity index (χ2v) is 6.41. The van der Waals surface area contributed by atoms with Crippen LogP contribution in [0.4, 0.5) is 11.4 Å². The van der Waals surface area contributed by atoms with E-state index in [2.05, 4.69) is 29.5 Å². The number of amides is 1. The molecule has 1 amide bonds. The van der Waals surface area contributed by atoms with Crippen molar-refractivity contribution >= 4 is 17.3 Å². The third-order valence-corrected chi connectivity index (χ3v) is 3.97. The van der Waals surface area contributed by atoms with Gasteiger partial charge in [-0.3, -0.25) is 9.78 Å². The van der Waals surface area contributed by atoms with Gasteiger partial charge in [0.1, 0.15) is 5.69 Å². The summed E-state index contributed by atoms with van der Waals surface area (Å²) in [4.78, 5) is 16.7. The summed E-state index contributed by atoms with van der Waals surface area (Å²) in [6.07, 6.45) is 2.66. The number of carbonyl (C=O) groups excluding carboxylic acids is 1. The number of rotatable bonds is 9. The van der Waals surface area contributed by atoms with Crippen LogP contribution in [0.25, 0.3) is 0 Å². The van der Waals surface area contributed by atoms with Crippen molar-refractivity contribution in [1.82, 2.24) is 4.98 Å². The summed E-state index contributed by atoms with van der Waals surface area (Å²) in [5.41, 5.74) is 1.70. The SMILES string of the molecule is COc1cc(NC(=O)c2cc(NCCC(C)C)ccn2)cc(OC)c1OC. The molecule has 0 aliphatic carbocycles. The number of hydrogen-bond acceptors (Lipinski definition) is 6. The van der Waals surface area contributed by atoms with Crippen LogP contribution in [0.2, 0.25) is 0 Å². The highest BCUT2D eigenvalue weighted by Crippen LogP contribution is 2.40. The van der Waals surface area contributed by atoms with Crippen LogP contribution in [-0.4, -0.2) is 38.8 Å². The summed E-state index contributed by atoms with van der Waals surface area (Å²) in [6, 6.07) is 6.91. The minimum absolute atomic E-state index is 0.318. The lowest BCUT2D eigenvalue weighted by atomic mass is 10.1. The number of aromatic nitrogens is 1. The molecule has 0 spiro atoms. The van der Waals surface area contributed by atoms with Crippen molar-refractivity contribution in [2.75, 3.05) is 38.5 Å². The molecule has 0 fully saturated rings. The maximum absolute atomic E-state index is 12.6. The fourth-order valence-electron chi connectivity index (χ4n) is 2.52. The van der Waals surface area contributed by atoms with Crippen LogP contribution in [0.15, 0.2) is 30.5 Å². The van der Waals surface area contributed by atoms with Gasteiger partial charge in [0.2, 0.25) is 5.75 Å². The summed E-state index contributed by atoms with van der Waals surface area (Å²) in [6.45, 7) is 5.19. The highest BCUT2D eigenvalue weighted by Gasteiger charge is 2.15. The molecular formula is C20H27N3O4. The zero-order valence-electron chi connectivity index (χ0n) is 16.5. The summed E-state index contributed by atoms with van der Waals surface area (Å²) >= 11 is 0. The summed E-state index contributed by atoms with van der Waals surface area (Å²) < 4.78 is 15.9. The fraction of sp³-hybridized carbons (Fsp3) is 0.400. The Balaban J connectivity index is 2.15. The summed E-state index contributed by atoms with van der Waals surface area (Å²) in [7, 11) is 4.58. The Morgan fingerprint density at radius 1 is 1.04 bits per heavy atom. The Hall–Kier alpha value is -2.96. The molecule has 0 atom stereocenters. The van der Waals surface area contributed by atoms with Crippen molar-refractivity contribution < 1.29 is 19.0 Å². The van der Waals surface area contributed by atoms with Crippen LogP contribution >= 0.6 is 0 Å². The van der Waals surface area contributed by atoms with Gasteiger partial charge < -0.3 is 24.8 Å². The van der Waals surface area contributed by atoms with Crippen LogP contribution in [0.5, 0.6) is 17.2 Å². The molecule has 7 heteroatoms. The van der Waals surface area contributed by atoms with E-state index in [0.29, 0.717) is 34.5 Å². The van der Waals surface area contributed by atoms with E-state index >= 15 is 0 Å². The van der Waals surface area contributed by atoms with Gasteiger partial charge in [-0.25, -0.2) is 0 Å². The second-order valence-electron chi connectivity index (χ2n) is 6.41.